The summed E-state index contributed by atoms with van der Waals surface area (Å²) < 4.78 is 20.9. The second-order valence-electron chi connectivity index (χ2n) is 10.6. The highest BCUT2D eigenvalue weighted by Gasteiger charge is 2.13. The molecule has 1 aromatic heterocycles. The Hall–Kier alpha value is -4.27. The van der Waals surface area contributed by atoms with Gasteiger partial charge in [0.2, 0.25) is 0 Å². The van der Waals surface area contributed by atoms with Crippen molar-refractivity contribution in [1.82, 2.24) is 9.97 Å². The first-order valence-corrected chi connectivity index (χ1v) is 15.6. The lowest BCUT2D eigenvalue weighted by Crippen LogP contribution is -2.12. The summed E-state index contributed by atoms with van der Waals surface area (Å²) in [5, 5.41) is 0. The number of methoxy groups -OCH3 is 1. The number of carbonyl (C=O) groups is 3. The standard InChI is InChI=1S/C35H44N2O7/c1-3-4-5-6-7-8-9-10-11-12-23-42-29-19-15-27(16-20-29)31-25-37-32(26-36-31)35(40)44-30-21-17-28(18-22-30)34(39)43-24-13-14-33(38)41-2/h15-22,25-26H,3-14,23-24H2,1-2H3. The molecule has 9 heteroatoms. The van der Waals surface area contributed by atoms with E-state index in [2.05, 4.69) is 21.6 Å². The second kappa shape index (κ2) is 19.8. The highest BCUT2D eigenvalue weighted by molar-refractivity contribution is 5.90. The maximum atomic E-state index is 12.6. The van der Waals surface area contributed by atoms with Gasteiger partial charge in [0.1, 0.15) is 11.5 Å². The summed E-state index contributed by atoms with van der Waals surface area (Å²) in [4.78, 5) is 44.4. The minimum atomic E-state index is -0.669. The zero-order valence-corrected chi connectivity index (χ0v) is 25.9. The van der Waals surface area contributed by atoms with Crippen molar-refractivity contribution >= 4 is 17.9 Å². The number of benzene rings is 2. The smallest absolute Gasteiger partial charge is 0.363 e. The number of hydrogen-bond acceptors (Lipinski definition) is 9. The van der Waals surface area contributed by atoms with E-state index < -0.39 is 11.9 Å². The van der Waals surface area contributed by atoms with Gasteiger partial charge in [-0.2, -0.15) is 0 Å². The van der Waals surface area contributed by atoms with Crippen molar-refractivity contribution in [3.63, 3.8) is 0 Å². The van der Waals surface area contributed by atoms with Crippen LogP contribution in [0.15, 0.2) is 60.9 Å². The molecule has 3 rings (SSSR count). The molecule has 44 heavy (non-hydrogen) atoms. The van der Waals surface area contributed by atoms with Gasteiger partial charge in [-0.15, -0.1) is 0 Å². The van der Waals surface area contributed by atoms with E-state index in [0.29, 0.717) is 24.3 Å². The summed E-state index contributed by atoms with van der Waals surface area (Å²) in [6, 6.07) is 13.6. The summed E-state index contributed by atoms with van der Waals surface area (Å²) in [6.07, 6.45) is 16.4. The molecule has 0 bridgehead atoms. The van der Waals surface area contributed by atoms with Crippen LogP contribution in [0.2, 0.25) is 0 Å². The second-order valence-corrected chi connectivity index (χ2v) is 10.6. The minimum absolute atomic E-state index is 0.0549. The summed E-state index contributed by atoms with van der Waals surface area (Å²) >= 11 is 0. The summed E-state index contributed by atoms with van der Waals surface area (Å²) in [5.74, 6) is -0.506. The third-order valence-electron chi connectivity index (χ3n) is 7.06. The van der Waals surface area contributed by atoms with E-state index >= 15 is 0 Å². The zero-order chi connectivity index (χ0) is 31.4. The zero-order valence-electron chi connectivity index (χ0n) is 25.9. The van der Waals surface area contributed by atoms with E-state index in [-0.39, 0.29) is 30.4 Å². The molecule has 3 aromatic rings. The topological polar surface area (TPSA) is 114 Å². The van der Waals surface area contributed by atoms with Crippen LogP contribution >= 0.6 is 0 Å². The molecule has 9 nitrogen and oxygen atoms in total. The van der Waals surface area contributed by atoms with E-state index in [4.69, 9.17) is 14.2 Å². The van der Waals surface area contributed by atoms with Crippen LogP contribution in [0, 0.1) is 0 Å². The van der Waals surface area contributed by atoms with Gasteiger partial charge in [0.25, 0.3) is 0 Å². The number of nitrogens with zero attached hydrogens (tertiary/aromatic N) is 2. The Balaban J connectivity index is 1.36. The van der Waals surface area contributed by atoms with Crippen molar-refractivity contribution in [1.29, 1.82) is 0 Å². The molecule has 0 saturated heterocycles. The molecule has 0 N–H and O–H groups in total. The van der Waals surface area contributed by atoms with Crippen LogP contribution in [0.1, 0.15) is 105 Å². The quantitative estimate of drug-likeness (QED) is 0.0724. The van der Waals surface area contributed by atoms with Gasteiger partial charge in [-0.3, -0.25) is 9.78 Å². The Morgan fingerprint density at radius 3 is 1.91 bits per heavy atom. The number of unbranched alkanes of at least 4 members (excludes halogenated alkanes) is 9. The van der Waals surface area contributed by atoms with Gasteiger partial charge in [0.15, 0.2) is 5.69 Å². The largest absolute Gasteiger partial charge is 0.494 e. The average molecular weight is 605 g/mol. The monoisotopic (exact) mass is 604 g/mol. The molecular weight excluding hydrogens is 560 g/mol. The van der Waals surface area contributed by atoms with Crippen molar-refractivity contribution in [3.8, 4) is 22.8 Å². The van der Waals surface area contributed by atoms with Gasteiger partial charge in [0, 0.05) is 12.0 Å². The van der Waals surface area contributed by atoms with Gasteiger partial charge in [0.05, 0.1) is 44.0 Å². The van der Waals surface area contributed by atoms with Gasteiger partial charge >= 0.3 is 17.9 Å². The Morgan fingerprint density at radius 2 is 1.30 bits per heavy atom. The minimum Gasteiger partial charge on any atom is -0.494 e. The summed E-state index contributed by atoms with van der Waals surface area (Å²) in [5.41, 5.74) is 1.83. The van der Waals surface area contributed by atoms with Crippen LogP contribution in [0.5, 0.6) is 11.5 Å². The van der Waals surface area contributed by atoms with E-state index in [1.807, 2.05) is 24.3 Å². The molecule has 0 aliphatic carbocycles. The van der Waals surface area contributed by atoms with Crippen molar-refractivity contribution in [3.05, 3.63) is 72.2 Å². The molecule has 0 spiro atoms. The maximum absolute atomic E-state index is 12.6. The average Bonchev–Trinajstić information content (AvgIpc) is 3.06. The Labute approximate surface area is 260 Å². The molecule has 0 atom stereocenters. The van der Waals surface area contributed by atoms with E-state index in [1.54, 1.807) is 0 Å². The molecule has 0 unspecified atom stereocenters. The lowest BCUT2D eigenvalue weighted by atomic mass is 10.1. The lowest BCUT2D eigenvalue weighted by molar-refractivity contribution is -0.140. The number of aromatic nitrogens is 2. The first-order valence-electron chi connectivity index (χ1n) is 15.6. The van der Waals surface area contributed by atoms with E-state index in [1.165, 1.54) is 102 Å². The Kier molecular flexibility index (Phi) is 15.4. The SMILES string of the molecule is CCCCCCCCCCCCOc1ccc(-c2cnc(C(=O)Oc3ccc(C(=O)OCCCC(=O)OC)cc3)cn2)cc1. The molecule has 0 amide bonds. The summed E-state index contributed by atoms with van der Waals surface area (Å²) in [6.45, 7) is 3.05. The van der Waals surface area contributed by atoms with Gasteiger partial charge < -0.3 is 18.9 Å². The van der Waals surface area contributed by atoms with Gasteiger partial charge in [-0.1, -0.05) is 64.7 Å². The van der Waals surface area contributed by atoms with E-state index in [9.17, 15) is 14.4 Å². The van der Waals surface area contributed by atoms with Crippen molar-refractivity contribution < 1.29 is 33.3 Å². The highest BCUT2D eigenvalue weighted by Crippen LogP contribution is 2.21. The van der Waals surface area contributed by atoms with Crippen LogP contribution in [-0.4, -0.2) is 48.2 Å². The van der Waals surface area contributed by atoms with Gasteiger partial charge in [-0.05, 0) is 61.4 Å². The van der Waals surface area contributed by atoms with Crippen molar-refractivity contribution in [2.45, 2.75) is 84.0 Å². The third kappa shape index (κ3) is 12.5. The number of rotatable bonds is 20. The Morgan fingerprint density at radius 1 is 0.659 bits per heavy atom. The number of hydrogen-bond donors (Lipinski definition) is 0. The van der Waals surface area contributed by atoms with Crippen LogP contribution in [-0.2, 0) is 14.3 Å². The predicted octanol–water partition coefficient (Wildman–Crippen LogP) is 7.77. The molecule has 0 fully saturated rings. The molecule has 2 aromatic carbocycles. The Bertz CT molecular complexity index is 1280. The fourth-order valence-electron chi connectivity index (χ4n) is 4.47. The maximum Gasteiger partial charge on any atom is 0.363 e. The first kappa shape index (κ1) is 34.2. The van der Waals surface area contributed by atoms with Gasteiger partial charge in [-0.25, -0.2) is 14.6 Å². The fraction of sp³-hybridized carbons (Fsp3) is 0.457. The lowest BCUT2D eigenvalue weighted by Gasteiger charge is -2.08. The van der Waals surface area contributed by atoms with Crippen molar-refractivity contribution in [2.24, 2.45) is 0 Å². The molecule has 1 heterocycles. The third-order valence-corrected chi connectivity index (χ3v) is 7.06. The fourth-order valence-corrected chi connectivity index (χ4v) is 4.47. The molecule has 0 saturated carbocycles. The number of esters is 3. The normalized spacial score (nSPS) is 10.7. The van der Waals surface area contributed by atoms with Crippen LogP contribution < -0.4 is 9.47 Å². The number of ether oxygens (including phenoxy) is 4. The van der Waals surface area contributed by atoms with Crippen LogP contribution in [0.25, 0.3) is 11.3 Å². The molecule has 236 valence electrons. The van der Waals surface area contributed by atoms with Crippen LogP contribution in [0.4, 0.5) is 0 Å². The highest BCUT2D eigenvalue weighted by atomic mass is 16.5. The molecule has 0 aliphatic heterocycles. The van der Waals surface area contributed by atoms with E-state index in [0.717, 1.165) is 17.7 Å². The number of carbonyl (C=O) groups excluding carboxylic acids is 3. The van der Waals surface area contributed by atoms with Crippen molar-refractivity contribution in [2.75, 3.05) is 20.3 Å². The summed E-state index contributed by atoms with van der Waals surface area (Å²) in [7, 11) is 1.31. The first-order chi connectivity index (χ1) is 21.5. The van der Waals surface area contributed by atoms with Crippen LogP contribution in [0.3, 0.4) is 0 Å². The molecular formula is C35H44N2O7. The molecule has 0 radical (unpaired) electrons. The predicted molar refractivity (Wildman–Crippen MR) is 168 cm³/mol. The molecule has 0 aliphatic rings.